The fourth-order valence-electron chi connectivity index (χ4n) is 3.23. The van der Waals surface area contributed by atoms with Crippen molar-refractivity contribution in [2.24, 2.45) is 0 Å². The molecular weight excluding hydrogens is 419 g/mol. The molecule has 0 radical (unpaired) electrons. The van der Waals surface area contributed by atoms with Gasteiger partial charge >= 0.3 is 0 Å². The van der Waals surface area contributed by atoms with E-state index in [-0.39, 0.29) is 26.9 Å². The van der Waals surface area contributed by atoms with E-state index >= 15 is 0 Å². The molecule has 0 unspecified atom stereocenters. The normalized spacial score (nSPS) is 15.6. The third-order valence-corrected chi connectivity index (χ3v) is 6.94. The third-order valence-electron chi connectivity index (χ3n) is 4.79. The van der Waals surface area contributed by atoms with E-state index in [1.165, 1.54) is 41.7 Å². The zero-order chi connectivity index (χ0) is 21.0. The van der Waals surface area contributed by atoms with Crippen molar-refractivity contribution in [3.63, 3.8) is 0 Å². The molecule has 156 valence electrons. The lowest BCUT2D eigenvalue weighted by atomic mass is 10.2. The van der Waals surface area contributed by atoms with E-state index in [2.05, 4.69) is 5.32 Å². The number of ether oxygens (including phenoxy) is 1. The molecule has 0 atom stereocenters. The smallest absolute Gasteiger partial charge is 0.255 e. The van der Waals surface area contributed by atoms with Gasteiger partial charge in [-0.1, -0.05) is 24.4 Å². The van der Waals surface area contributed by atoms with Crippen molar-refractivity contribution < 1.29 is 22.3 Å². The summed E-state index contributed by atoms with van der Waals surface area (Å²) in [6, 6.07) is 7.91. The minimum Gasteiger partial charge on any atom is -0.495 e. The summed E-state index contributed by atoms with van der Waals surface area (Å²) in [6.45, 7) is 0.852. The Morgan fingerprint density at radius 3 is 2.45 bits per heavy atom. The largest absolute Gasteiger partial charge is 0.495 e. The van der Waals surface area contributed by atoms with Crippen LogP contribution in [-0.2, 0) is 10.0 Å². The second-order valence-electron chi connectivity index (χ2n) is 6.76. The predicted octanol–water partition coefficient (Wildman–Crippen LogP) is 4.30. The van der Waals surface area contributed by atoms with E-state index in [1.807, 2.05) is 0 Å². The number of halogens is 2. The van der Waals surface area contributed by atoms with E-state index in [4.69, 9.17) is 16.3 Å². The number of sulfonamides is 1. The van der Waals surface area contributed by atoms with Crippen LogP contribution in [-0.4, -0.2) is 38.8 Å². The average molecular weight is 441 g/mol. The molecule has 29 heavy (non-hydrogen) atoms. The molecule has 1 N–H and O–H groups in total. The van der Waals surface area contributed by atoms with Gasteiger partial charge in [-0.25, -0.2) is 12.8 Å². The SMILES string of the molecule is COc1ccc(C(=O)Nc2cc(Cl)ccc2F)cc1S(=O)(=O)N1CCCCCC1. The number of rotatable bonds is 5. The van der Waals surface area contributed by atoms with Gasteiger partial charge in [-0.2, -0.15) is 4.31 Å². The van der Waals surface area contributed by atoms with Gasteiger partial charge in [-0.3, -0.25) is 4.79 Å². The van der Waals surface area contributed by atoms with Crippen molar-refractivity contribution in [3.05, 3.63) is 52.8 Å². The van der Waals surface area contributed by atoms with Gasteiger partial charge in [0.2, 0.25) is 10.0 Å². The summed E-state index contributed by atoms with van der Waals surface area (Å²) in [6.07, 6.45) is 3.54. The van der Waals surface area contributed by atoms with Crippen molar-refractivity contribution >= 4 is 33.2 Å². The summed E-state index contributed by atoms with van der Waals surface area (Å²) in [7, 11) is -2.47. The van der Waals surface area contributed by atoms with E-state index in [0.717, 1.165) is 31.7 Å². The number of anilines is 1. The van der Waals surface area contributed by atoms with Crippen LogP contribution in [0.15, 0.2) is 41.3 Å². The molecular formula is C20H22ClFN2O4S. The Bertz CT molecular complexity index is 1010. The maximum Gasteiger partial charge on any atom is 0.255 e. The van der Waals surface area contributed by atoms with E-state index in [0.29, 0.717) is 13.1 Å². The number of hydrogen-bond acceptors (Lipinski definition) is 4. The van der Waals surface area contributed by atoms with E-state index in [9.17, 15) is 17.6 Å². The Balaban J connectivity index is 1.94. The quantitative estimate of drug-likeness (QED) is 0.751. The molecule has 1 heterocycles. The summed E-state index contributed by atoms with van der Waals surface area (Å²) in [5, 5.41) is 2.69. The van der Waals surface area contributed by atoms with Crippen LogP contribution < -0.4 is 10.1 Å². The Morgan fingerprint density at radius 1 is 1.10 bits per heavy atom. The topological polar surface area (TPSA) is 75.7 Å². The molecule has 2 aromatic rings. The predicted molar refractivity (Wildman–Crippen MR) is 110 cm³/mol. The molecule has 1 saturated heterocycles. The highest BCUT2D eigenvalue weighted by Crippen LogP contribution is 2.30. The highest BCUT2D eigenvalue weighted by Gasteiger charge is 2.29. The van der Waals surface area contributed by atoms with Crippen molar-refractivity contribution in [3.8, 4) is 5.75 Å². The van der Waals surface area contributed by atoms with Crippen LogP contribution in [0.25, 0.3) is 0 Å². The molecule has 9 heteroatoms. The highest BCUT2D eigenvalue weighted by molar-refractivity contribution is 7.89. The number of carbonyl (C=O) groups is 1. The van der Waals surface area contributed by atoms with Crippen LogP contribution in [0.3, 0.4) is 0 Å². The summed E-state index contributed by atoms with van der Waals surface area (Å²) in [4.78, 5) is 12.5. The molecule has 0 saturated carbocycles. The van der Waals surface area contributed by atoms with Gasteiger partial charge in [0, 0.05) is 23.7 Å². The van der Waals surface area contributed by atoms with Gasteiger partial charge in [-0.15, -0.1) is 0 Å². The first-order valence-electron chi connectivity index (χ1n) is 9.27. The first kappa shape index (κ1) is 21.5. The minimum absolute atomic E-state index is 0.0681. The average Bonchev–Trinajstić information content (AvgIpc) is 3.00. The molecule has 0 aromatic heterocycles. The monoisotopic (exact) mass is 440 g/mol. The molecule has 1 aliphatic heterocycles. The fourth-order valence-corrected chi connectivity index (χ4v) is 5.10. The molecule has 0 aliphatic carbocycles. The molecule has 1 fully saturated rings. The Kier molecular flexibility index (Phi) is 6.77. The second-order valence-corrected chi connectivity index (χ2v) is 9.11. The standard InChI is InChI=1S/C20H22ClFN2O4S/c1-28-18-9-6-14(20(25)23-17-13-15(21)7-8-16(17)22)12-19(18)29(26,27)24-10-4-2-3-5-11-24/h6-9,12-13H,2-5,10-11H2,1H3,(H,23,25). The first-order valence-corrected chi connectivity index (χ1v) is 11.1. The lowest BCUT2D eigenvalue weighted by molar-refractivity contribution is 0.102. The molecule has 0 bridgehead atoms. The number of carbonyl (C=O) groups excluding carboxylic acids is 1. The number of methoxy groups -OCH3 is 1. The van der Waals surface area contributed by atoms with Crippen LogP contribution in [0, 0.1) is 5.82 Å². The van der Waals surface area contributed by atoms with Gasteiger partial charge in [0.05, 0.1) is 12.8 Å². The number of hydrogen-bond donors (Lipinski definition) is 1. The lowest BCUT2D eigenvalue weighted by Crippen LogP contribution is -2.32. The Hall–Kier alpha value is -2.16. The molecule has 6 nitrogen and oxygen atoms in total. The van der Waals surface area contributed by atoms with Crippen molar-refractivity contribution in [1.82, 2.24) is 4.31 Å². The zero-order valence-electron chi connectivity index (χ0n) is 16.0. The second kappa shape index (κ2) is 9.11. The number of benzene rings is 2. The van der Waals surface area contributed by atoms with Crippen LogP contribution in [0.1, 0.15) is 36.0 Å². The molecule has 1 amide bonds. The van der Waals surface area contributed by atoms with Crippen LogP contribution in [0.5, 0.6) is 5.75 Å². The van der Waals surface area contributed by atoms with E-state index < -0.39 is 21.7 Å². The summed E-state index contributed by atoms with van der Waals surface area (Å²) >= 11 is 5.85. The summed E-state index contributed by atoms with van der Waals surface area (Å²) < 4.78 is 46.9. The van der Waals surface area contributed by atoms with Gasteiger partial charge < -0.3 is 10.1 Å². The van der Waals surface area contributed by atoms with Crippen LogP contribution in [0.4, 0.5) is 10.1 Å². The minimum atomic E-state index is -3.84. The summed E-state index contributed by atoms with van der Waals surface area (Å²) in [5.41, 5.74) is -0.0196. The third kappa shape index (κ3) is 4.88. The first-order chi connectivity index (χ1) is 13.8. The Morgan fingerprint density at radius 2 is 1.79 bits per heavy atom. The highest BCUT2D eigenvalue weighted by atomic mass is 35.5. The van der Waals surface area contributed by atoms with Crippen molar-refractivity contribution in [1.29, 1.82) is 0 Å². The van der Waals surface area contributed by atoms with Gasteiger partial charge in [-0.05, 0) is 49.2 Å². The van der Waals surface area contributed by atoms with Crippen LogP contribution in [0.2, 0.25) is 5.02 Å². The number of nitrogens with zero attached hydrogens (tertiary/aromatic N) is 1. The van der Waals surface area contributed by atoms with Crippen molar-refractivity contribution in [2.75, 3.05) is 25.5 Å². The van der Waals surface area contributed by atoms with E-state index in [1.54, 1.807) is 0 Å². The van der Waals surface area contributed by atoms with Gasteiger partial charge in [0.1, 0.15) is 16.5 Å². The molecule has 3 rings (SSSR count). The Labute approximate surface area is 174 Å². The zero-order valence-corrected chi connectivity index (χ0v) is 17.5. The molecule has 1 aliphatic rings. The van der Waals surface area contributed by atoms with Crippen molar-refractivity contribution in [2.45, 2.75) is 30.6 Å². The maximum absolute atomic E-state index is 13.9. The summed E-state index contributed by atoms with van der Waals surface area (Å²) in [5.74, 6) is -1.14. The molecule has 2 aromatic carbocycles. The number of nitrogens with one attached hydrogen (secondary N) is 1. The van der Waals surface area contributed by atoms with Crippen LogP contribution >= 0.6 is 11.6 Å². The maximum atomic E-state index is 13.9. The lowest BCUT2D eigenvalue weighted by Gasteiger charge is -2.21. The van der Waals surface area contributed by atoms with Gasteiger partial charge in [0.25, 0.3) is 5.91 Å². The molecule has 0 spiro atoms. The number of amides is 1. The van der Waals surface area contributed by atoms with Gasteiger partial charge in [0.15, 0.2) is 0 Å². The fraction of sp³-hybridized carbons (Fsp3) is 0.350.